The van der Waals surface area contributed by atoms with Gasteiger partial charge in [0.25, 0.3) is 0 Å². The molecule has 1 aromatic carbocycles. The van der Waals surface area contributed by atoms with Gasteiger partial charge in [-0.25, -0.2) is 4.79 Å². The Morgan fingerprint density at radius 3 is 2.60 bits per heavy atom. The second-order valence-electron chi connectivity index (χ2n) is 3.36. The number of rotatable bonds is 3. The van der Waals surface area contributed by atoms with E-state index in [1.165, 1.54) is 13.9 Å². The zero-order valence-corrected chi connectivity index (χ0v) is 8.70. The topological polar surface area (TPSA) is 66.4 Å². The predicted octanol–water partition coefficient (Wildman–Crippen LogP) is 0.536. The Labute approximate surface area is 88.7 Å². The van der Waals surface area contributed by atoms with E-state index in [1.807, 2.05) is 6.92 Å². The van der Waals surface area contributed by atoms with Gasteiger partial charge >= 0.3 is 5.97 Å². The molecule has 0 fully saturated rings. The molecule has 0 saturated heterocycles. The number of carboxylic acids is 1. The first-order valence-corrected chi connectivity index (χ1v) is 4.58. The van der Waals surface area contributed by atoms with E-state index < -0.39 is 5.97 Å². The van der Waals surface area contributed by atoms with Gasteiger partial charge in [-0.15, -0.1) is 0 Å². The van der Waals surface area contributed by atoms with Gasteiger partial charge in [0.1, 0.15) is 0 Å². The number of hydrogen-bond acceptors (Lipinski definition) is 2. The maximum atomic E-state index is 10.7. The molecule has 15 heavy (non-hydrogen) atoms. The molecule has 1 rings (SSSR count). The first kappa shape index (κ1) is 11.3. The van der Waals surface area contributed by atoms with Gasteiger partial charge in [-0.05, 0) is 30.2 Å². The molecule has 0 aliphatic rings. The fourth-order valence-corrected chi connectivity index (χ4v) is 1.25. The van der Waals surface area contributed by atoms with Crippen molar-refractivity contribution in [3.8, 4) is 0 Å². The van der Waals surface area contributed by atoms with Gasteiger partial charge in [-0.2, -0.15) is 0 Å². The summed E-state index contributed by atoms with van der Waals surface area (Å²) in [6.45, 7) is 2.25. The Balaban J connectivity index is 2.83. The Kier molecular flexibility index (Phi) is 3.49. The molecule has 4 nitrogen and oxygen atoms in total. The molecule has 0 unspecified atom stereocenters. The Morgan fingerprint density at radius 2 is 2.13 bits per heavy atom. The minimum atomic E-state index is -0.941. The summed E-state index contributed by atoms with van der Waals surface area (Å²) in [5, 5.41) is 11.4. The van der Waals surface area contributed by atoms with E-state index in [9.17, 15) is 9.59 Å². The molecule has 0 heterocycles. The average molecular weight is 205 g/mol. The maximum Gasteiger partial charge on any atom is 0.335 e. The van der Waals surface area contributed by atoms with Gasteiger partial charge in [-0.1, -0.05) is 6.07 Å². The summed E-state index contributed by atoms with van der Waals surface area (Å²) in [7, 11) is 1.45. The predicted molar refractivity (Wildman–Crippen MR) is 58.9 cm³/mol. The highest BCUT2D eigenvalue weighted by Gasteiger charge is 2.05. The second kappa shape index (κ2) is 4.64. The van der Waals surface area contributed by atoms with Crippen LogP contribution in [0.1, 0.15) is 21.5 Å². The molecule has 0 bridgehead atoms. The summed E-state index contributed by atoms with van der Waals surface area (Å²) in [6.07, 6.45) is 0. The lowest BCUT2D eigenvalue weighted by Gasteiger charge is -2.07. The number of amides is 1. The molecule has 78 valence electrons. The van der Waals surface area contributed by atoms with E-state index >= 15 is 0 Å². The van der Waals surface area contributed by atoms with Crippen LogP contribution in [0.15, 0.2) is 18.2 Å². The van der Waals surface area contributed by atoms with Crippen LogP contribution in [0.5, 0.6) is 0 Å². The Hall–Kier alpha value is -1.78. The third kappa shape index (κ3) is 3.12. The Bertz CT molecular complexity index is 404. The maximum absolute atomic E-state index is 10.7. The standard InChI is InChI=1S/C10H12BNO3/c1-6-4-7(9(13)14)2-3-8(6)5-12-10(11)15/h2-4H,5,11H2,1H3,(H,12,15)(H,13,14). The van der Waals surface area contributed by atoms with Crippen molar-refractivity contribution in [1.82, 2.24) is 5.32 Å². The first-order valence-electron chi connectivity index (χ1n) is 4.58. The molecular weight excluding hydrogens is 193 g/mol. The average Bonchev–Trinajstić information content (AvgIpc) is 2.15. The van der Waals surface area contributed by atoms with Crippen molar-refractivity contribution in [2.75, 3.05) is 0 Å². The van der Waals surface area contributed by atoms with Crippen LogP contribution in [0, 0.1) is 6.92 Å². The highest BCUT2D eigenvalue weighted by molar-refractivity contribution is 6.57. The highest BCUT2D eigenvalue weighted by atomic mass is 16.4. The van der Waals surface area contributed by atoms with Crippen LogP contribution in [0.2, 0.25) is 0 Å². The van der Waals surface area contributed by atoms with Crippen molar-refractivity contribution in [2.24, 2.45) is 0 Å². The van der Waals surface area contributed by atoms with E-state index in [2.05, 4.69) is 5.32 Å². The van der Waals surface area contributed by atoms with E-state index in [0.717, 1.165) is 11.1 Å². The molecule has 5 heteroatoms. The number of carbonyl (C=O) groups excluding carboxylic acids is 1. The van der Waals surface area contributed by atoms with Gasteiger partial charge in [-0.3, -0.25) is 4.79 Å². The molecule has 0 aliphatic carbocycles. The Morgan fingerprint density at radius 1 is 1.47 bits per heavy atom. The van der Waals surface area contributed by atoms with Crippen molar-refractivity contribution in [3.05, 3.63) is 34.9 Å². The van der Waals surface area contributed by atoms with Gasteiger partial charge in [0.05, 0.1) is 5.56 Å². The van der Waals surface area contributed by atoms with Crippen LogP contribution in [0.4, 0.5) is 4.79 Å². The van der Waals surface area contributed by atoms with Crippen LogP contribution in [-0.4, -0.2) is 24.7 Å². The summed E-state index contributed by atoms with van der Waals surface area (Å²) in [4.78, 5) is 21.4. The fourth-order valence-electron chi connectivity index (χ4n) is 1.25. The zero-order chi connectivity index (χ0) is 11.4. The highest BCUT2D eigenvalue weighted by Crippen LogP contribution is 2.10. The number of aromatic carboxylic acids is 1. The van der Waals surface area contributed by atoms with E-state index in [4.69, 9.17) is 5.11 Å². The molecule has 1 aromatic rings. The summed E-state index contributed by atoms with van der Waals surface area (Å²) >= 11 is 0. The summed E-state index contributed by atoms with van der Waals surface area (Å²) in [5.41, 5.74) is 2.05. The van der Waals surface area contributed by atoms with Crippen LogP contribution in [0.25, 0.3) is 0 Å². The lowest BCUT2D eigenvalue weighted by molar-refractivity contribution is 0.0696. The molecule has 0 radical (unpaired) electrons. The molecule has 0 aromatic heterocycles. The lowest BCUT2D eigenvalue weighted by atomic mass is 10.0. The summed E-state index contributed by atoms with van der Waals surface area (Å²) < 4.78 is 0. The van der Waals surface area contributed by atoms with Crippen molar-refractivity contribution in [2.45, 2.75) is 13.5 Å². The number of benzene rings is 1. The van der Waals surface area contributed by atoms with Crippen LogP contribution in [-0.2, 0) is 6.54 Å². The normalized spacial score (nSPS) is 9.67. The minimum absolute atomic E-state index is 0.100. The summed E-state index contributed by atoms with van der Waals surface area (Å²) in [6, 6.07) is 4.85. The number of nitrogens with one attached hydrogen (secondary N) is 1. The molecular formula is C10H12BNO3. The third-order valence-corrected chi connectivity index (χ3v) is 2.12. The zero-order valence-electron chi connectivity index (χ0n) is 8.70. The van der Waals surface area contributed by atoms with Gasteiger partial charge < -0.3 is 10.4 Å². The van der Waals surface area contributed by atoms with Crippen molar-refractivity contribution >= 4 is 19.6 Å². The fraction of sp³-hybridized carbons (Fsp3) is 0.200. The minimum Gasteiger partial charge on any atom is -0.478 e. The number of carbonyl (C=O) groups is 2. The third-order valence-electron chi connectivity index (χ3n) is 2.12. The van der Waals surface area contributed by atoms with Crippen LogP contribution < -0.4 is 5.32 Å². The summed E-state index contributed by atoms with van der Waals surface area (Å²) in [5.74, 6) is -1.04. The van der Waals surface area contributed by atoms with Crippen LogP contribution >= 0.6 is 0 Å². The van der Waals surface area contributed by atoms with Gasteiger partial charge in [0.15, 0.2) is 5.81 Å². The number of carboxylic acid groups (broad SMARTS) is 1. The van der Waals surface area contributed by atoms with Crippen molar-refractivity contribution in [3.63, 3.8) is 0 Å². The van der Waals surface area contributed by atoms with Crippen molar-refractivity contribution < 1.29 is 14.7 Å². The molecule has 1 amide bonds. The molecule has 0 atom stereocenters. The number of aryl methyl sites for hydroxylation is 1. The lowest BCUT2D eigenvalue weighted by Crippen LogP contribution is -2.21. The first-order chi connectivity index (χ1) is 7.00. The smallest absolute Gasteiger partial charge is 0.335 e. The van der Waals surface area contributed by atoms with E-state index in [-0.39, 0.29) is 11.4 Å². The second-order valence-corrected chi connectivity index (χ2v) is 3.36. The SMILES string of the molecule is BC(=O)NCc1ccc(C(=O)O)cc1C. The quantitative estimate of drug-likeness (QED) is 0.707. The van der Waals surface area contributed by atoms with Gasteiger partial charge in [0, 0.05) is 6.54 Å². The van der Waals surface area contributed by atoms with E-state index in [1.54, 1.807) is 12.1 Å². The molecule has 0 aliphatic heterocycles. The molecule has 2 N–H and O–H groups in total. The van der Waals surface area contributed by atoms with Crippen LogP contribution in [0.3, 0.4) is 0 Å². The van der Waals surface area contributed by atoms with E-state index in [0.29, 0.717) is 6.54 Å². The monoisotopic (exact) mass is 205 g/mol. The molecule has 0 spiro atoms. The largest absolute Gasteiger partial charge is 0.478 e. The van der Waals surface area contributed by atoms with Crippen molar-refractivity contribution in [1.29, 1.82) is 0 Å². The molecule has 0 saturated carbocycles. The van der Waals surface area contributed by atoms with Gasteiger partial charge in [0.2, 0.25) is 7.85 Å². The number of hydrogen-bond donors (Lipinski definition) is 2.